The monoisotopic (exact) mass is 278 g/mol. The molecule has 4 heteroatoms. The van der Waals surface area contributed by atoms with E-state index in [1.54, 1.807) is 6.92 Å². The molecule has 0 aromatic carbocycles. The lowest BCUT2D eigenvalue weighted by Crippen LogP contribution is -2.20. The summed E-state index contributed by atoms with van der Waals surface area (Å²) >= 11 is 0. The first-order valence-corrected chi connectivity index (χ1v) is 7.16. The molecule has 0 aromatic heterocycles. The minimum Gasteiger partial charge on any atom is -0.285 e. The van der Waals surface area contributed by atoms with Gasteiger partial charge in [-0.3, -0.25) is 4.79 Å². The molecule has 1 nitrogen and oxygen atoms in total. The van der Waals surface area contributed by atoms with Crippen LogP contribution in [0.5, 0.6) is 0 Å². The Kier molecular flexibility index (Phi) is 9.62. The number of unbranched alkanes of at least 4 members (excludes halogenated alkanes) is 7. The molecule has 0 spiro atoms. The van der Waals surface area contributed by atoms with Crippen LogP contribution in [0.4, 0.5) is 13.2 Å². The molecule has 0 rings (SSSR count). The van der Waals surface area contributed by atoms with Crippen LogP contribution in [0, 0.1) is 0 Å². The smallest absolute Gasteiger partial charge is 0.285 e. The van der Waals surface area contributed by atoms with Crippen LogP contribution in [-0.2, 0) is 4.79 Å². The molecule has 0 fully saturated rings. The highest BCUT2D eigenvalue weighted by Gasteiger charge is 2.36. The third-order valence-corrected chi connectivity index (χ3v) is 3.08. The predicted octanol–water partition coefficient (Wildman–Crippen LogP) is 5.59. The summed E-state index contributed by atoms with van der Waals surface area (Å²) in [6, 6.07) is 0. The van der Waals surface area contributed by atoms with Gasteiger partial charge in [0.1, 0.15) is 0 Å². The lowest BCUT2D eigenvalue weighted by molar-refractivity contribution is -0.165. The number of hydrogen-bond acceptors (Lipinski definition) is 1. The van der Waals surface area contributed by atoms with Crippen molar-refractivity contribution in [1.29, 1.82) is 0 Å². The van der Waals surface area contributed by atoms with Crippen molar-refractivity contribution in [3.05, 3.63) is 11.6 Å². The molecule has 112 valence electrons. The molecular weight excluding hydrogens is 253 g/mol. The highest BCUT2D eigenvalue weighted by molar-refractivity contribution is 5.94. The van der Waals surface area contributed by atoms with Gasteiger partial charge in [-0.1, -0.05) is 57.4 Å². The van der Waals surface area contributed by atoms with Gasteiger partial charge in [0.15, 0.2) is 0 Å². The average molecular weight is 278 g/mol. The quantitative estimate of drug-likeness (QED) is 0.376. The van der Waals surface area contributed by atoms with Crippen LogP contribution in [0.15, 0.2) is 11.6 Å². The summed E-state index contributed by atoms with van der Waals surface area (Å²) < 4.78 is 36.0. The summed E-state index contributed by atoms with van der Waals surface area (Å²) in [4.78, 5) is 10.7. The molecule has 0 saturated carbocycles. The van der Waals surface area contributed by atoms with E-state index >= 15 is 0 Å². The lowest BCUT2D eigenvalue weighted by atomic mass is 10.0. The van der Waals surface area contributed by atoms with Crippen molar-refractivity contribution in [2.75, 3.05) is 0 Å². The summed E-state index contributed by atoms with van der Waals surface area (Å²) in [5.74, 6) is -1.75. The van der Waals surface area contributed by atoms with E-state index in [1.165, 1.54) is 32.1 Å². The van der Waals surface area contributed by atoms with E-state index in [1.807, 2.05) is 0 Å². The van der Waals surface area contributed by atoms with Crippen LogP contribution in [-0.4, -0.2) is 12.0 Å². The molecule has 0 unspecified atom stereocenters. The number of allylic oxidation sites excluding steroid dienone is 2. The second kappa shape index (κ2) is 10.0. The molecular formula is C15H25F3O. The molecule has 0 saturated heterocycles. The van der Waals surface area contributed by atoms with Gasteiger partial charge in [-0.25, -0.2) is 0 Å². The Labute approximate surface area is 114 Å². The molecule has 0 aliphatic rings. The minimum atomic E-state index is -4.74. The third-order valence-electron chi connectivity index (χ3n) is 3.08. The van der Waals surface area contributed by atoms with Crippen LogP contribution in [0.2, 0.25) is 0 Å². The van der Waals surface area contributed by atoms with Crippen LogP contribution < -0.4 is 0 Å². The van der Waals surface area contributed by atoms with E-state index < -0.39 is 12.0 Å². The molecule has 0 radical (unpaired) electrons. The number of carbonyl (C=O) groups excluding carboxylic acids is 1. The maximum Gasteiger partial charge on any atom is 0.454 e. The fourth-order valence-corrected chi connectivity index (χ4v) is 1.92. The first-order chi connectivity index (χ1) is 8.88. The summed E-state index contributed by atoms with van der Waals surface area (Å²) in [6.07, 6.45) is 5.81. The largest absolute Gasteiger partial charge is 0.454 e. The Bertz CT molecular complexity index is 280. The van der Waals surface area contributed by atoms with Gasteiger partial charge in [-0.05, 0) is 25.8 Å². The number of alkyl halides is 3. The highest BCUT2D eigenvalue weighted by atomic mass is 19.4. The molecule has 0 amide bonds. The number of ketones is 1. The molecule has 0 aliphatic carbocycles. The normalized spacial score (nSPS) is 12.8. The predicted molar refractivity (Wildman–Crippen MR) is 72.0 cm³/mol. The molecule has 19 heavy (non-hydrogen) atoms. The van der Waals surface area contributed by atoms with Gasteiger partial charge >= 0.3 is 6.18 Å². The molecule has 0 aromatic rings. The average Bonchev–Trinajstić information content (AvgIpc) is 2.31. The Hall–Kier alpha value is -0.800. The first-order valence-electron chi connectivity index (χ1n) is 7.16. The number of hydrogen-bond donors (Lipinski definition) is 0. The zero-order valence-electron chi connectivity index (χ0n) is 12.0. The van der Waals surface area contributed by atoms with Gasteiger partial charge in [0.05, 0.1) is 0 Å². The number of rotatable bonds is 10. The van der Waals surface area contributed by atoms with E-state index in [4.69, 9.17) is 0 Å². The molecule has 0 aliphatic heterocycles. The minimum absolute atomic E-state index is 0.522. The van der Waals surface area contributed by atoms with Gasteiger partial charge in [0.2, 0.25) is 0 Å². The first kappa shape index (κ1) is 18.2. The Balaban J connectivity index is 3.61. The van der Waals surface area contributed by atoms with E-state index in [0.717, 1.165) is 25.3 Å². The Morgan fingerprint density at radius 3 is 1.89 bits per heavy atom. The van der Waals surface area contributed by atoms with Crippen LogP contribution in [0.1, 0.15) is 71.6 Å². The van der Waals surface area contributed by atoms with Crippen molar-refractivity contribution in [1.82, 2.24) is 0 Å². The van der Waals surface area contributed by atoms with Gasteiger partial charge in [-0.15, -0.1) is 0 Å². The Morgan fingerprint density at radius 1 is 0.947 bits per heavy atom. The van der Waals surface area contributed by atoms with E-state index in [-0.39, 0.29) is 0 Å². The highest BCUT2D eigenvalue weighted by Crippen LogP contribution is 2.19. The standard InChI is InChI=1S/C15H25F3O/c1-3-4-5-6-7-8-9-10-11-13(2)12-14(19)15(16,17)18/h12H,3-11H2,1-2H3/b13-12+. The van der Waals surface area contributed by atoms with Gasteiger partial charge in [0.25, 0.3) is 5.78 Å². The Morgan fingerprint density at radius 2 is 1.42 bits per heavy atom. The van der Waals surface area contributed by atoms with Gasteiger partial charge in [-0.2, -0.15) is 13.2 Å². The van der Waals surface area contributed by atoms with Crippen LogP contribution in [0.25, 0.3) is 0 Å². The van der Waals surface area contributed by atoms with Crippen molar-refractivity contribution < 1.29 is 18.0 Å². The van der Waals surface area contributed by atoms with Crippen molar-refractivity contribution in [2.24, 2.45) is 0 Å². The maximum atomic E-state index is 12.0. The van der Waals surface area contributed by atoms with E-state index in [9.17, 15) is 18.0 Å². The molecule has 0 atom stereocenters. The maximum absolute atomic E-state index is 12.0. The van der Waals surface area contributed by atoms with Crippen LogP contribution in [0.3, 0.4) is 0 Å². The SMILES string of the molecule is CCCCCCCCCC/C(C)=C/C(=O)C(F)(F)F. The molecule has 0 bridgehead atoms. The van der Waals surface area contributed by atoms with Crippen LogP contribution >= 0.6 is 0 Å². The lowest BCUT2D eigenvalue weighted by Gasteiger charge is -2.04. The van der Waals surface area contributed by atoms with Gasteiger partial charge in [0, 0.05) is 0 Å². The van der Waals surface area contributed by atoms with Crippen molar-refractivity contribution >= 4 is 5.78 Å². The second-order valence-electron chi connectivity index (χ2n) is 5.08. The van der Waals surface area contributed by atoms with E-state index in [2.05, 4.69) is 6.92 Å². The van der Waals surface area contributed by atoms with Crippen molar-refractivity contribution in [3.63, 3.8) is 0 Å². The third kappa shape index (κ3) is 10.8. The fourth-order valence-electron chi connectivity index (χ4n) is 1.92. The second-order valence-corrected chi connectivity index (χ2v) is 5.08. The van der Waals surface area contributed by atoms with E-state index in [0.29, 0.717) is 12.0 Å². The molecule has 0 N–H and O–H groups in total. The summed E-state index contributed by atoms with van der Waals surface area (Å²) in [6.45, 7) is 3.77. The van der Waals surface area contributed by atoms with Crippen molar-refractivity contribution in [3.8, 4) is 0 Å². The topological polar surface area (TPSA) is 17.1 Å². The zero-order valence-corrected chi connectivity index (χ0v) is 12.0. The van der Waals surface area contributed by atoms with Gasteiger partial charge < -0.3 is 0 Å². The zero-order chi connectivity index (χ0) is 14.7. The number of carbonyl (C=O) groups is 1. The summed E-state index contributed by atoms with van der Waals surface area (Å²) in [5.41, 5.74) is 0.522. The number of halogens is 3. The van der Waals surface area contributed by atoms with Crippen molar-refractivity contribution in [2.45, 2.75) is 77.8 Å². The fraction of sp³-hybridized carbons (Fsp3) is 0.800. The summed E-state index contributed by atoms with van der Waals surface area (Å²) in [7, 11) is 0. The molecule has 0 heterocycles. The summed E-state index contributed by atoms with van der Waals surface area (Å²) in [5, 5.41) is 0.